The maximum absolute atomic E-state index is 13.1. The van der Waals surface area contributed by atoms with E-state index in [2.05, 4.69) is 51.2 Å². The standard InChI is InChI=1S/C17H18F2N6/c1-11-9-23(2)13-6-4-3-5-12(13)10-24(11)15-8-7-14-20-21-17(16(18)19)25(14)22-15/h3-8,11,16H,9-10H2,1-2H3. The van der Waals surface area contributed by atoms with E-state index in [1.165, 1.54) is 11.3 Å². The highest BCUT2D eigenvalue weighted by Gasteiger charge is 2.25. The molecular weight excluding hydrogens is 326 g/mol. The first kappa shape index (κ1) is 15.7. The molecule has 25 heavy (non-hydrogen) atoms. The molecule has 1 atom stereocenters. The molecule has 3 heterocycles. The molecule has 6 nitrogen and oxygen atoms in total. The molecule has 130 valence electrons. The summed E-state index contributed by atoms with van der Waals surface area (Å²) in [6.45, 7) is 3.57. The second-order valence-corrected chi connectivity index (χ2v) is 6.31. The molecule has 1 aromatic carbocycles. The number of aromatic nitrogens is 4. The molecule has 1 aliphatic heterocycles. The summed E-state index contributed by atoms with van der Waals surface area (Å²) in [6.07, 6.45) is -2.72. The first-order chi connectivity index (χ1) is 12.0. The van der Waals surface area contributed by atoms with Crippen LogP contribution in [0.1, 0.15) is 24.7 Å². The van der Waals surface area contributed by atoms with Crippen LogP contribution in [0.5, 0.6) is 0 Å². The quantitative estimate of drug-likeness (QED) is 0.715. The smallest absolute Gasteiger partial charge is 0.299 e. The van der Waals surface area contributed by atoms with Crippen molar-refractivity contribution in [2.45, 2.75) is 25.9 Å². The van der Waals surface area contributed by atoms with E-state index in [1.54, 1.807) is 6.07 Å². The Morgan fingerprint density at radius 3 is 2.72 bits per heavy atom. The summed E-state index contributed by atoms with van der Waals surface area (Å²) in [7, 11) is 2.06. The average Bonchev–Trinajstić information content (AvgIpc) is 2.97. The van der Waals surface area contributed by atoms with Gasteiger partial charge in [-0.3, -0.25) is 0 Å². The fourth-order valence-electron chi connectivity index (χ4n) is 3.34. The normalized spacial score (nSPS) is 17.9. The number of likely N-dealkylation sites (N-methyl/N-ethyl adjacent to an activating group) is 1. The van der Waals surface area contributed by atoms with Gasteiger partial charge in [-0.05, 0) is 30.7 Å². The zero-order valence-electron chi connectivity index (χ0n) is 14.0. The summed E-state index contributed by atoms with van der Waals surface area (Å²) in [5.74, 6) is 0.198. The van der Waals surface area contributed by atoms with Crippen molar-refractivity contribution in [2.24, 2.45) is 0 Å². The largest absolute Gasteiger partial charge is 0.372 e. The van der Waals surface area contributed by atoms with Crippen LogP contribution in [0.15, 0.2) is 36.4 Å². The van der Waals surface area contributed by atoms with Gasteiger partial charge in [-0.2, -0.15) is 4.52 Å². The van der Waals surface area contributed by atoms with Crippen LogP contribution in [0.3, 0.4) is 0 Å². The Bertz CT molecular complexity index is 909. The van der Waals surface area contributed by atoms with Gasteiger partial charge in [0.1, 0.15) is 5.82 Å². The van der Waals surface area contributed by atoms with E-state index >= 15 is 0 Å². The average molecular weight is 344 g/mol. The van der Waals surface area contributed by atoms with Gasteiger partial charge in [-0.15, -0.1) is 15.3 Å². The van der Waals surface area contributed by atoms with Gasteiger partial charge >= 0.3 is 0 Å². The Hall–Kier alpha value is -2.77. The van der Waals surface area contributed by atoms with Gasteiger partial charge in [-0.1, -0.05) is 18.2 Å². The Morgan fingerprint density at radius 1 is 1.12 bits per heavy atom. The van der Waals surface area contributed by atoms with Crippen LogP contribution in [-0.4, -0.2) is 39.4 Å². The summed E-state index contributed by atoms with van der Waals surface area (Å²) >= 11 is 0. The van der Waals surface area contributed by atoms with Crippen molar-refractivity contribution in [1.82, 2.24) is 19.8 Å². The van der Waals surface area contributed by atoms with Gasteiger partial charge in [0.25, 0.3) is 6.43 Å². The van der Waals surface area contributed by atoms with Crippen LogP contribution < -0.4 is 9.80 Å². The Kier molecular flexibility index (Phi) is 3.74. The van der Waals surface area contributed by atoms with E-state index in [0.29, 0.717) is 18.0 Å². The molecule has 0 N–H and O–H groups in total. The van der Waals surface area contributed by atoms with Gasteiger partial charge in [0, 0.05) is 31.9 Å². The minimum Gasteiger partial charge on any atom is -0.372 e. The molecular formula is C17H18F2N6. The van der Waals surface area contributed by atoms with Gasteiger partial charge in [0.15, 0.2) is 5.65 Å². The van der Waals surface area contributed by atoms with Gasteiger partial charge in [0.2, 0.25) is 5.82 Å². The lowest BCUT2D eigenvalue weighted by atomic mass is 10.1. The van der Waals surface area contributed by atoms with E-state index in [-0.39, 0.29) is 6.04 Å². The molecule has 3 aromatic rings. The SMILES string of the molecule is CC1CN(C)c2ccccc2CN1c1ccc2nnc(C(F)F)n2n1. The molecule has 0 saturated heterocycles. The molecule has 0 amide bonds. The summed E-state index contributed by atoms with van der Waals surface area (Å²) in [5.41, 5.74) is 2.67. The zero-order valence-corrected chi connectivity index (χ0v) is 14.0. The lowest BCUT2D eigenvalue weighted by Gasteiger charge is -2.29. The van der Waals surface area contributed by atoms with Crippen molar-refractivity contribution in [2.75, 3.05) is 23.4 Å². The number of fused-ring (bicyclic) bond motifs is 2. The van der Waals surface area contributed by atoms with E-state index in [9.17, 15) is 8.78 Å². The van der Waals surface area contributed by atoms with Crippen LogP contribution in [0.25, 0.3) is 5.65 Å². The molecule has 2 aromatic heterocycles. The molecule has 1 aliphatic rings. The second-order valence-electron chi connectivity index (χ2n) is 6.31. The maximum Gasteiger partial charge on any atom is 0.299 e. The predicted molar refractivity (Wildman–Crippen MR) is 91.1 cm³/mol. The highest BCUT2D eigenvalue weighted by atomic mass is 19.3. The molecule has 1 unspecified atom stereocenters. The fourth-order valence-corrected chi connectivity index (χ4v) is 3.34. The van der Waals surface area contributed by atoms with Crippen molar-refractivity contribution in [3.8, 4) is 0 Å². The third-order valence-corrected chi connectivity index (χ3v) is 4.58. The Labute approximate surface area is 143 Å². The maximum atomic E-state index is 13.1. The number of para-hydroxylation sites is 1. The number of rotatable bonds is 2. The van der Waals surface area contributed by atoms with Crippen molar-refractivity contribution in [3.05, 3.63) is 47.8 Å². The van der Waals surface area contributed by atoms with Gasteiger partial charge in [-0.25, -0.2) is 8.78 Å². The second kappa shape index (κ2) is 5.94. The predicted octanol–water partition coefficient (Wildman–Crippen LogP) is 2.91. The first-order valence-electron chi connectivity index (χ1n) is 8.11. The van der Waals surface area contributed by atoms with Crippen LogP contribution in [0.4, 0.5) is 20.3 Å². The third-order valence-electron chi connectivity index (χ3n) is 4.58. The summed E-state index contributed by atoms with van der Waals surface area (Å²) < 4.78 is 27.4. The lowest BCUT2D eigenvalue weighted by Crippen LogP contribution is -2.38. The molecule has 4 rings (SSSR count). The van der Waals surface area contributed by atoms with E-state index in [1.807, 2.05) is 18.2 Å². The van der Waals surface area contributed by atoms with Crippen molar-refractivity contribution in [3.63, 3.8) is 0 Å². The molecule has 0 radical (unpaired) electrons. The van der Waals surface area contributed by atoms with E-state index in [4.69, 9.17) is 0 Å². The van der Waals surface area contributed by atoms with Gasteiger partial charge < -0.3 is 9.80 Å². The third kappa shape index (κ3) is 2.67. The summed E-state index contributed by atoms with van der Waals surface area (Å²) in [4.78, 5) is 4.33. The van der Waals surface area contributed by atoms with E-state index in [0.717, 1.165) is 11.1 Å². The molecule has 0 bridgehead atoms. The molecule has 0 aliphatic carbocycles. The summed E-state index contributed by atoms with van der Waals surface area (Å²) in [5, 5.41) is 11.7. The van der Waals surface area contributed by atoms with E-state index < -0.39 is 12.2 Å². The zero-order chi connectivity index (χ0) is 17.6. The number of hydrogen-bond acceptors (Lipinski definition) is 5. The number of nitrogens with zero attached hydrogens (tertiary/aromatic N) is 6. The topological polar surface area (TPSA) is 49.6 Å². The van der Waals surface area contributed by atoms with Crippen LogP contribution in [-0.2, 0) is 6.54 Å². The number of halogens is 2. The highest BCUT2D eigenvalue weighted by molar-refractivity contribution is 5.58. The van der Waals surface area contributed by atoms with Crippen LogP contribution in [0.2, 0.25) is 0 Å². The number of alkyl halides is 2. The molecule has 0 fully saturated rings. The fraction of sp³-hybridized carbons (Fsp3) is 0.353. The lowest BCUT2D eigenvalue weighted by molar-refractivity contribution is 0.137. The van der Waals surface area contributed by atoms with Gasteiger partial charge in [0.05, 0.1) is 0 Å². The Balaban J connectivity index is 1.78. The minimum atomic E-state index is -2.72. The molecule has 0 saturated carbocycles. The summed E-state index contributed by atoms with van der Waals surface area (Å²) in [6, 6.07) is 11.8. The van der Waals surface area contributed by atoms with Crippen molar-refractivity contribution < 1.29 is 8.78 Å². The molecule has 0 spiro atoms. The monoisotopic (exact) mass is 344 g/mol. The number of anilines is 2. The first-order valence-corrected chi connectivity index (χ1v) is 8.11. The minimum absolute atomic E-state index is 0.161. The van der Waals surface area contributed by atoms with Crippen molar-refractivity contribution in [1.29, 1.82) is 0 Å². The highest BCUT2D eigenvalue weighted by Crippen LogP contribution is 2.29. The number of hydrogen-bond donors (Lipinski definition) is 0. The molecule has 8 heteroatoms. The van der Waals surface area contributed by atoms with Crippen molar-refractivity contribution >= 4 is 17.2 Å². The van der Waals surface area contributed by atoms with Crippen LogP contribution >= 0.6 is 0 Å². The van der Waals surface area contributed by atoms with Crippen LogP contribution in [0, 0.1) is 0 Å². The Morgan fingerprint density at radius 2 is 1.92 bits per heavy atom. The number of benzene rings is 1.